The summed E-state index contributed by atoms with van der Waals surface area (Å²) in [6, 6.07) is 12.1. The zero-order chi connectivity index (χ0) is 13.6. The molecule has 1 aromatic carbocycles. The van der Waals surface area contributed by atoms with Crippen molar-refractivity contribution in [2.75, 3.05) is 24.6 Å². The Bertz CT molecular complexity index is 366. The van der Waals surface area contributed by atoms with E-state index in [1.165, 1.54) is 37.4 Å². The molecule has 2 nitrogen and oxygen atoms in total. The van der Waals surface area contributed by atoms with Crippen molar-refractivity contribution in [2.24, 2.45) is 0 Å². The van der Waals surface area contributed by atoms with E-state index in [2.05, 4.69) is 48.3 Å². The number of benzene rings is 1. The quantitative estimate of drug-likeness (QED) is 0.710. The van der Waals surface area contributed by atoms with E-state index in [4.69, 9.17) is 4.43 Å². The normalized spacial score (nSPS) is 21.7. The lowest BCUT2D eigenvalue weighted by Gasteiger charge is -2.27. The Kier molecular flexibility index (Phi) is 5.46. The molecular formula is C16H27NOSi. The average Bonchev–Trinajstić information content (AvgIpc) is 2.44. The van der Waals surface area contributed by atoms with Gasteiger partial charge in [-0.05, 0) is 37.7 Å². The molecule has 1 saturated heterocycles. The highest BCUT2D eigenvalue weighted by atomic mass is 28.4. The molecule has 3 heteroatoms. The smallest absolute Gasteiger partial charge is 0.186 e. The van der Waals surface area contributed by atoms with Gasteiger partial charge in [-0.1, -0.05) is 37.5 Å². The number of para-hydroxylation sites is 1. The van der Waals surface area contributed by atoms with E-state index >= 15 is 0 Å². The highest BCUT2D eigenvalue weighted by molar-refractivity contribution is 6.71. The van der Waals surface area contributed by atoms with Crippen molar-refractivity contribution in [3.05, 3.63) is 30.3 Å². The van der Waals surface area contributed by atoms with Crippen molar-refractivity contribution in [1.29, 1.82) is 0 Å². The molecule has 0 radical (unpaired) electrons. The van der Waals surface area contributed by atoms with Gasteiger partial charge < -0.3 is 9.33 Å². The van der Waals surface area contributed by atoms with Crippen molar-refractivity contribution in [2.45, 2.75) is 44.8 Å². The molecule has 19 heavy (non-hydrogen) atoms. The number of hydrogen-bond acceptors (Lipinski definition) is 2. The highest BCUT2D eigenvalue weighted by Crippen LogP contribution is 2.20. The molecule has 1 aliphatic rings. The van der Waals surface area contributed by atoms with Gasteiger partial charge in [-0.3, -0.25) is 0 Å². The Morgan fingerprint density at radius 1 is 0.947 bits per heavy atom. The summed E-state index contributed by atoms with van der Waals surface area (Å²) in [5.41, 5.74) is 1.34. The lowest BCUT2D eigenvalue weighted by molar-refractivity contribution is 0.313. The summed E-state index contributed by atoms with van der Waals surface area (Å²) >= 11 is 0. The van der Waals surface area contributed by atoms with E-state index in [1.54, 1.807) is 0 Å². The zero-order valence-electron chi connectivity index (χ0n) is 12.4. The highest BCUT2D eigenvalue weighted by Gasteiger charge is 2.22. The number of hydrogen-bond donors (Lipinski definition) is 0. The standard InChI is InChI=1S/C16H27NOSi/c1-19(2)15-9-4-3-8-12-17(13-14-18-19)16-10-6-5-7-11-16/h5-7,10-11H,3-4,8-9,12-15H2,1-2H3. The number of rotatable bonds is 1. The molecule has 0 N–H and O–H groups in total. The first kappa shape index (κ1) is 14.6. The minimum absolute atomic E-state index is 0.883. The first-order valence-corrected chi connectivity index (χ1v) is 10.7. The fraction of sp³-hybridized carbons (Fsp3) is 0.625. The van der Waals surface area contributed by atoms with Crippen LogP contribution >= 0.6 is 0 Å². The van der Waals surface area contributed by atoms with Crippen LogP contribution in [0.5, 0.6) is 0 Å². The van der Waals surface area contributed by atoms with Gasteiger partial charge >= 0.3 is 0 Å². The monoisotopic (exact) mass is 277 g/mol. The van der Waals surface area contributed by atoms with Crippen LogP contribution in [0.25, 0.3) is 0 Å². The molecule has 0 bridgehead atoms. The van der Waals surface area contributed by atoms with Crippen molar-refractivity contribution < 1.29 is 4.43 Å². The Labute approximate surface area is 118 Å². The fourth-order valence-electron chi connectivity index (χ4n) is 2.72. The number of nitrogens with zero attached hydrogens (tertiary/aromatic N) is 1. The average molecular weight is 277 g/mol. The van der Waals surface area contributed by atoms with E-state index in [9.17, 15) is 0 Å². The van der Waals surface area contributed by atoms with E-state index in [0.29, 0.717) is 0 Å². The SMILES string of the molecule is C[Si]1(C)CCCCCCN(c2ccccc2)CCO1. The molecule has 1 aromatic rings. The predicted octanol–water partition coefficient (Wildman–Crippen LogP) is 4.29. The van der Waals surface area contributed by atoms with E-state index in [0.717, 1.165) is 19.7 Å². The van der Waals surface area contributed by atoms with Crippen molar-refractivity contribution in [3.63, 3.8) is 0 Å². The molecule has 1 heterocycles. The van der Waals surface area contributed by atoms with Crippen molar-refractivity contribution in [3.8, 4) is 0 Å². The summed E-state index contributed by atoms with van der Waals surface area (Å²) in [5, 5.41) is 0. The summed E-state index contributed by atoms with van der Waals surface area (Å²) in [5.74, 6) is 0. The molecule has 106 valence electrons. The lowest BCUT2D eigenvalue weighted by Crippen LogP contribution is -2.35. The van der Waals surface area contributed by atoms with E-state index in [1.807, 2.05) is 0 Å². The summed E-state index contributed by atoms with van der Waals surface area (Å²) in [7, 11) is -1.41. The molecule has 1 fully saturated rings. The van der Waals surface area contributed by atoms with Crippen LogP contribution in [0.15, 0.2) is 30.3 Å². The molecule has 2 rings (SSSR count). The molecule has 0 aliphatic carbocycles. The predicted molar refractivity (Wildman–Crippen MR) is 85.4 cm³/mol. The summed E-state index contributed by atoms with van der Waals surface area (Å²) < 4.78 is 6.21. The molecule has 0 atom stereocenters. The maximum absolute atomic E-state index is 6.21. The lowest BCUT2D eigenvalue weighted by atomic mass is 10.2. The van der Waals surface area contributed by atoms with E-state index in [-0.39, 0.29) is 0 Å². The van der Waals surface area contributed by atoms with Gasteiger partial charge in [0, 0.05) is 18.8 Å². The second kappa shape index (κ2) is 7.11. The molecule has 1 aliphatic heterocycles. The minimum atomic E-state index is -1.41. The molecule has 0 aromatic heterocycles. The third-order valence-corrected chi connectivity index (χ3v) is 6.48. The third kappa shape index (κ3) is 5.00. The zero-order valence-corrected chi connectivity index (χ0v) is 13.4. The fourth-order valence-corrected chi connectivity index (χ4v) is 4.61. The van der Waals surface area contributed by atoms with Crippen LogP contribution in [0, 0.1) is 0 Å². The van der Waals surface area contributed by atoms with Crippen LogP contribution in [0.3, 0.4) is 0 Å². The van der Waals surface area contributed by atoms with Gasteiger partial charge in [0.2, 0.25) is 0 Å². The summed E-state index contributed by atoms with van der Waals surface area (Å²) in [4.78, 5) is 2.48. The van der Waals surface area contributed by atoms with Crippen LogP contribution in [0.4, 0.5) is 5.69 Å². The Morgan fingerprint density at radius 3 is 2.47 bits per heavy atom. The van der Waals surface area contributed by atoms with Gasteiger partial charge in [-0.2, -0.15) is 0 Å². The molecule has 0 saturated carbocycles. The second-order valence-electron chi connectivity index (χ2n) is 6.09. The Balaban J connectivity index is 1.99. The first-order chi connectivity index (χ1) is 9.17. The topological polar surface area (TPSA) is 12.5 Å². The van der Waals surface area contributed by atoms with Crippen LogP contribution in [-0.4, -0.2) is 28.0 Å². The molecule has 0 unspecified atom stereocenters. The Hall–Kier alpha value is -0.803. The summed E-state index contributed by atoms with van der Waals surface area (Å²) in [6.07, 6.45) is 5.37. The van der Waals surface area contributed by atoms with Gasteiger partial charge in [0.1, 0.15) is 0 Å². The van der Waals surface area contributed by atoms with Crippen LogP contribution in [0.2, 0.25) is 19.1 Å². The van der Waals surface area contributed by atoms with Gasteiger partial charge in [0.25, 0.3) is 0 Å². The van der Waals surface area contributed by atoms with Crippen molar-refractivity contribution >= 4 is 14.0 Å². The van der Waals surface area contributed by atoms with Crippen LogP contribution in [-0.2, 0) is 4.43 Å². The van der Waals surface area contributed by atoms with Gasteiger partial charge in [0.05, 0.1) is 6.61 Å². The van der Waals surface area contributed by atoms with Gasteiger partial charge in [-0.15, -0.1) is 0 Å². The van der Waals surface area contributed by atoms with Crippen molar-refractivity contribution in [1.82, 2.24) is 0 Å². The van der Waals surface area contributed by atoms with Crippen LogP contribution < -0.4 is 4.90 Å². The summed E-state index contributed by atoms with van der Waals surface area (Å²) in [6.45, 7) is 7.79. The van der Waals surface area contributed by atoms with Gasteiger partial charge in [-0.25, -0.2) is 0 Å². The van der Waals surface area contributed by atoms with E-state index < -0.39 is 8.32 Å². The molecule has 0 spiro atoms. The molecular weight excluding hydrogens is 250 g/mol. The minimum Gasteiger partial charge on any atom is -0.416 e. The first-order valence-electron chi connectivity index (χ1n) is 7.61. The second-order valence-corrected chi connectivity index (χ2v) is 10.4. The third-order valence-electron chi connectivity index (χ3n) is 3.93. The van der Waals surface area contributed by atoms with Crippen LogP contribution in [0.1, 0.15) is 25.7 Å². The van der Waals surface area contributed by atoms with Gasteiger partial charge in [0.15, 0.2) is 8.32 Å². The largest absolute Gasteiger partial charge is 0.416 e. The number of anilines is 1. The maximum Gasteiger partial charge on any atom is 0.186 e. The maximum atomic E-state index is 6.21. The molecule has 0 amide bonds. The Morgan fingerprint density at radius 2 is 1.68 bits per heavy atom.